The first-order valence-electron chi connectivity index (χ1n) is 11.8. The van der Waals surface area contributed by atoms with Crippen LogP contribution in [0, 0.1) is 23.7 Å². The normalized spacial score (nSPS) is 36.5. The van der Waals surface area contributed by atoms with Gasteiger partial charge in [0, 0.05) is 35.5 Å². The number of halogens is 2. The lowest BCUT2D eigenvalue weighted by molar-refractivity contribution is -0.222. The Morgan fingerprint density at radius 2 is 1.15 bits per heavy atom. The van der Waals surface area contributed by atoms with E-state index in [9.17, 15) is 0 Å². The molecule has 2 saturated carbocycles. The number of benzene rings is 2. The quantitative estimate of drug-likeness (QED) is 0.152. The Kier molecular flexibility index (Phi) is 5.95. The number of allylic oxidation sites excluding steroid dienone is 2. The van der Waals surface area contributed by atoms with E-state index in [2.05, 4.69) is 72.8 Å². The molecular weight excluding hydrogens is 503 g/mol. The largest absolute Gasteiger partial charge is 0.350 e. The van der Waals surface area contributed by atoms with Crippen LogP contribution in [0.1, 0.15) is 17.5 Å². The molecule has 34 heavy (non-hydrogen) atoms. The van der Waals surface area contributed by atoms with E-state index >= 15 is 0 Å². The lowest BCUT2D eigenvalue weighted by Gasteiger charge is -2.43. The molecule has 0 radical (unpaired) electrons. The molecule has 0 saturated heterocycles. The molecule has 0 N–H and O–H groups in total. The van der Waals surface area contributed by atoms with E-state index in [4.69, 9.17) is 32.7 Å². The molecule has 0 heterocycles. The fourth-order valence-corrected chi connectivity index (χ4v) is 11.8. The molecule has 2 fully saturated rings. The highest BCUT2D eigenvalue weighted by molar-refractivity contribution is 8.06. The summed E-state index contributed by atoms with van der Waals surface area (Å²) in [6.45, 7) is 0. The summed E-state index contributed by atoms with van der Waals surface area (Å²) in [5.41, 5.74) is 2.53. The van der Waals surface area contributed by atoms with Gasteiger partial charge in [0.15, 0.2) is 0 Å². The summed E-state index contributed by atoms with van der Waals surface area (Å²) < 4.78 is 12.6. The van der Waals surface area contributed by atoms with Crippen molar-refractivity contribution in [2.75, 3.05) is 14.2 Å². The van der Waals surface area contributed by atoms with Crippen molar-refractivity contribution in [3.8, 4) is 0 Å². The van der Waals surface area contributed by atoms with Crippen molar-refractivity contribution in [3.63, 3.8) is 0 Å². The molecule has 6 atom stereocenters. The van der Waals surface area contributed by atoms with Crippen LogP contribution in [0.2, 0.25) is 0 Å². The summed E-state index contributed by atoms with van der Waals surface area (Å²) in [5.74, 6) is 1.76. The average molecular weight is 532 g/mol. The van der Waals surface area contributed by atoms with Gasteiger partial charge >= 0.3 is 0 Å². The van der Waals surface area contributed by atoms with Crippen molar-refractivity contribution < 1.29 is 9.47 Å². The minimum Gasteiger partial charge on any atom is -0.350 e. The number of thioether (sulfide) groups is 2. The summed E-state index contributed by atoms with van der Waals surface area (Å²) >= 11 is 19.3. The summed E-state index contributed by atoms with van der Waals surface area (Å²) in [6, 6.07) is 21.1. The Bertz CT molecular complexity index is 1050. The minimum atomic E-state index is -1.11. The van der Waals surface area contributed by atoms with Crippen LogP contribution in [0.15, 0.2) is 82.6 Å². The fourth-order valence-electron chi connectivity index (χ4n) is 7.02. The van der Waals surface area contributed by atoms with Gasteiger partial charge in [-0.1, -0.05) is 72.8 Å². The van der Waals surface area contributed by atoms with Gasteiger partial charge in [-0.25, -0.2) is 0 Å². The number of alkyl halides is 2. The molecule has 2 aromatic rings. The highest BCUT2D eigenvalue weighted by Gasteiger charge is 2.87. The SMILES string of the molecule is COC1(OC)[C@@]2(Cl)C(SCc3ccccc3)=C(SCc3ccccc3)[C@]1(Cl)[C@H]1[C@@H]2[C@@H]2C=C[C@H]1C2. The number of ether oxygens (including phenoxy) is 2. The maximum absolute atomic E-state index is 7.85. The number of rotatable bonds is 8. The van der Waals surface area contributed by atoms with Gasteiger partial charge < -0.3 is 9.47 Å². The Hall–Kier alpha value is -0.880. The minimum absolute atomic E-state index is 0.195. The van der Waals surface area contributed by atoms with Gasteiger partial charge in [-0.3, -0.25) is 0 Å². The number of methoxy groups -OCH3 is 2. The summed E-state index contributed by atoms with van der Waals surface area (Å²) in [7, 11) is 3.41. The molecule has 0 spiro atoms. The second-order valence-corrected chi connectivity index (χ2v) is 12.8. The topological polar surface area (TPSA) is 18.5 Å². The summed E-state index contributed by atoms with van der Waals surface area (Å²) in [6.07, 6.45) is 5.82. The van der Waals surface area contributed by atoms with Gasteiger partial charge in [0.25, 0.3) is 0 Å². The lowest BCUT2D eigenvalue weighted by atomic mass is 9.75. The molecule has 2 nitrogen and oxygen atoms in total. The molecule has 0 amide bonds. The first kappa shape index (κ1) is 23.5. The summed E-state index contributed by atoms with van der Waals surface area (Å²) in [4.78, 5) is 0.622. The maximum Gasteiger partial charge on any atom is 0.217 e. The Balaban J connectivity index is 1.47. The third kappa shape index (κ3) is 2.93. The molecule has 6 heteroatoms. The number of hydrogen-bond acceptors (Lipinski definition) is 4. The molecular formula is C28H28Cl2O2S2. The van der Waals surface area contributed by atoms with Gasteiger partial charge in [-0.2, -0.15) is 0 Å². The molecule has 178 valence electrons. The fraction of sp³-hybridized carbons (Fsp3) is 0.429. The predicted octanol–water partition coefficient (Wildman–Crippen LogP) is 7.47. The van der Waals surface area contributed by atoms with Crippen molar-refractivity contribution in [2.45, 2.75) is 33.5 Å². The molecule has 4 aliphatic rings. The zero-order valence-electron chi connectivity index (χ0n) is 19.2. The number of fused-ring (bicyclic) bond motifs is 9. The van der Waals surface area contributed by atoms with Crippen LogP contribution in [-0.4, -0.2) is 29.8 Å². The van der Waals surface area contributed by atoms with E-state index in [0.29, 0.717) is 11.8 Å². The maximum atomic E-state index is 7.85. The molecule has 0 aliphatic heterocycles. The van der Waals surface area contributed by atoms with Crippen LogP contribution >= 0.6 is 46.7 Å². The third-order valence-electron chi connectivity index (χ3n) is 8.23. The Morgan fingerprint density at radius 3 is 1.53 bits per heavy atom. The molecule has 0 unspecified atom stereocenters. The molecule has 4 bridgehead atoms. The number of hydrogen-bond donors (Lipinski definition) is 0. The summed E-state index contributed by atoms with van der Waals surface area (Å²) in [5, 5.41) is 0. The van der Waals surface area contributed by atoms with E-state index < -0.39 is 15.5 Å². The van der Waals surface area contributed by atoms with E-state index in [0.717, 1.165) is 27.7 Å². The van der Waals surface area contributed by atoms with Crippen molar-refractivity contribution in [2.24, 2.45) is 23.7 Å². The van der Waals surface area contributed by atoms with Crippen LogP contribution < -0.4 is 0 Å². The van der Waals surface area contributed by atoms with Crippen molar-refractivity contribution in [1.29, 1.82) is 0 Å². The Morgan fingerprint density at radius 1 is 0.735 bits per heavy atom. The van der Waals surface area contributed by atoms with Crippen LogP contribution in [-0.2, 0) is 21.0 Å². The van der Waals surface area contributed by atoms with E-state index in [1.807, 2.05) is 23.5 Å². The van der Waals surface area contributed by atoms with Crippen LogP contribution in [0.3, 0.4) is 0 Å². The molecule has 0 aromatic heterocycles. The van der Waals surface area contributed by atoms with E-state index in [-0.39, 0.29) is 11.8 Å². The predicted molar refractivity (Wildman–Crippen MR) is 144 cm³/mol. The van der Waals surface area contributed by atoms with Crippen molar-refractivity contribution in [1.82, 2.24) is 0 Å². The van der Waals surface area contributed by atoms with Gasteiger partial charge in [-0.15, -0.1) is 46.7 Å². The van der Waals surface area contributed by atoms with Gasteiger partial charge in [-0.05, 0) is 41.2 Å². The van der Waals surface area contributed by atoms with Crippen molar-refractivity contribution in [3.05, 3.63) is 93.8 Å². The molecule has 2 aromatic carbocycles. The van der Waals surface area contributed by atoms with Crippen LogP contribution in [0.5, 0.6) is 0 Å². The smallest absolute Gasteiger partial charge is 0.217 e. The van der Waals surface area contributed by atoms with E-state index in [1.165, 1.54) is 11.1 Å². The van der Waals surface area contributed by atoms with Crippen molar-refractivity contribution >= 4 is 46.7 Å². The standard InChI is InChI=1S/C28H28Cl2O2S2/c1-31-28(32-2)26(29)22-20-13-14-21(15-20)23(22)27(28,30)25(34-17-19-11-7-4-8-12-19)24(26)33-16-18-9-5-3-6-10-18/h3-14,20-23H,15-17H2,1-2H3/t20-,21+,22+,23-,26+,27-. The van der Waals surface area contributed by atoms with Crippen LogP contribution in [0.4, 0.5) is 0 Å². The average Bonchev–Trinajstić information content (AvgIpc) is 3.57. The zero-order chi connectivity index (χ0) is 23.6. The third-order valence-corrected chi connectivity index (χ3v) is 12.5. The first-order chi connectivity index (χ1) is 16.5. The zero-order valence-corrected chi connectivity index (χ0v) is 22.4. The second-order valence-electron chi connectivity index (χ2n) is 9.66. The van der Waals surface area contributed by atoms with E-state index in [1.54, 1.807) is 14.2 Å². The highest BCUT2D eigenvalue weighted by Crippen LogP contribution is 2.81. The van der Waals surface area contributed by atoms with Gasteiger partial charge in [0.05, 0.1) is 0 Å². The first-order valence-corrected chi connectivity index (χ1v) is 14.5. The molecule has 6 rings (SSSR count). The van der Waals surface area contributed by atoms with Gasteiger partial charge in [0.2, 0.25) is 5.79 Å². The monoisotopic (exact) mass is 530 g/mol. The Labute approximate surface area is 220 Å². The second kappa shape index (κ2) is 8.61. The van der Waals surface area contributed by atoms with Gasteiger partial charge in [0.1, 0.15) is 9.75 Å². The lowest BCUT2D eigenvalue weighted by Crippen LogP contribution is -2.58. The highest BCUT2D eigenvalue weighted by atomic mass is 35.5. The van der Waals surface area contributed by atoms with Crippen LogP contribution in [0.25, 0.3) is 0 Å². The molecule has 4 aliphatic carbocycles.